The molecule has 1 aliphatic carbocycles. The van der Waals surface area contributed by atoms with Crippen LogP contribution < -0.4 is 4.74 Å². The molecule has 0 amide bonds. The Morgan fingerprint density at radius 3 is 2.71 bits per heavy atom. The van der Waals surface area contributed by atoms with Crippen LogP contribution in [-0.2, 0) is 17.8 Å². The number of allylic oxidation sites excluding steroid dienone is 3. The van der Waals surface area contributed by atoms with Gasteiger partial charge in [-0.1, -0.05) is 36.4 Å². The highest BCUT2D eigenvalue weighted by Gasteiger charge is 2.31. The van der Waals surface area contributed by atoms with Gasteiger partial charge >= 0.3 is 0 Å². The Hall–Kier alpha value is -2.94. The van der Waals surface area contributed by atoms with Crippen molar-refractivity contribution in [1.82, 2.24) is 4.90 Å². The van der Waals surface area contributed by atoms with Gasteiger partial charge in [0.25, 0.3) is 0 Å². The smallest absolute Gasteiger partial charge is 0.131 e. The predicted molar refractivity (Wildman–Crippen MR) is 130 cm³/mol. The van der Waals surface area contributed by atoms with E-state index in [1.165, 1.54) is 23.6 Å². The molecule has 4 atom stereocenters. The number of nitrogens with zero attached hydrogens (tertiary/aromatic N) is 2. The Balaban J connectivity index is 1.25. The second-order valence-corrected chi connectivity index (χ2v) is 9.60. The van der Waals surface area contributed by atoms with Gasteiger partial charge in [-0.25, -0.2) is 4.39 Å². The van der Waals surface area contributed by atoms with Gasteiger partial charge in [-0.2, -0.15) is 5.26 Å². The fourth-order valence-corrected chi connectivity index (χ4v) is 5.27. The molecule has 2 aliphatic heterocycles. The first-order chi connectivity index (χ1) is 16.6. The lowest BCUT2D eigenvalue weighted by molar-refractivity contribution is -0.0630. The molecule has 0 radical (unpaired) electrons. The van der Waals surface area contributed by atoms with Gasteiger partial charge in [0.05, 0.1) is 17.7 Å². The minimum atomic E-state index is -0.409. The summed E-state index contributed by atoms with van der Waals surface area (Å²) in [5.41, 5.74) is 3.41. The summed E-state index contributed by atoms with van der Waals surface area (Å²) >= 11 is 0. The minimum Gasteiger partial charge on any atom is -0.489 e. The van der Waals surface area contributed by atoms with E-state index in [0.29, 0.717) is 35.1 Å². The maximum absolute atomic E-state index is 14.2. The Morgan fingerprint density at radius 1 is 1.15 bits per heavy atom. The van der Waals surface area contributed by atoms with E-state index in [1.807, 2.05) is 12.1 Å². The first kappa shape index (κ1) is 22.8. The molecule has 0 saturated carbocycles. The summed E-state index contributed by atoms with van der Waals surface area (Å²) in [5, 5.41) is 8.93. The van der Waals surface area contributed by atoms with E-state index in [1.54, 1.807) is 12.1 Å². The monoisotopic (exact) mass is 458 g/mol. The van der Waals surface area contributed by atoms with Crippen LogP contribution in [0.4, 0.5) is 4.39 Å². The maximum atomic E-state index is 14.2. The standard InChI is InChI=1S/C29H31FN2O2/c1-20-28-16-26(34-19-25-7-6-21(17-31)14-29(25)30)9-8-22(28)10-12-32(20)18-24-5-3-2-4-23(24)15-27-11-13-33-27/h2-9,14,16,20,23-24,27H,10-13,15,18-19H2,1H3/t20?,23?,24?,27-/m1/s1. The van der Waals surface area contributed by atoms with Crippen LogP contribution in [0.15, 0.2) is 60.7 Å². The highest BCUT2D eigenvalue weighted by Crippen LogP contribution is 2.36. The first-order valence-corrected chi connectivity index (χ1v) is 12.3. The van der Waals surface area contributed by atoms with Crippen LogP contribution in [0.5, 0.6) is 5.75 Å². The lowest BCUT2D eigenvalue weighted by atomic mass is 9.82. The van der Waals surface area contributed by atoms with Crippen molar-refractivity contribution in [2.24, 2.45) is 11.8 Å². The van der Waals surface area contributed by atoms with Crippen LogP contribution in [0.3, 0.4) is 0 Å². The molecule has 5 heteroatoms. The molecule has 0 aromatic heterocycles. The summed E-state index contributed by atoms with van der Waals surface area (Å²) in [4.78, 5) is 2.58. The van der Waals surface area contributed by atoms with Crippen molar-refractivity contribution < 1.29 is 13.9 Å². The molecule has 2 aromatic rings. The van der Waals surface area contributed by atoms with E-state index in [4.69, 9.17) is 14.7 Å². The molecular weight excluding hydrogens is 427 g/mol. The Labute approximate surface area is 201 Å². The molecule has 0 bridgehead atoms. The highest BCUT2D eigenvalue weighted by molar-refractivity contribution is 5.40. The molecule has 2 heterocycles. The number of rotatable bonds is 7. The number of benzene rings is 2. The average molecular weight is 459 g/mol. The molecule has 0 N–H and O–H groups in total. The van der Waals surface area contributed by atoms with Crippen LogP contribution in [-0.4, -0.2) is 30.7 Å². The fourth-order valence-electron chi connectivity index (χ4n) is 5.27. The number of nitriles is 1. The van der Waals surface area contributed by atoms with Crippen molar-refractivity contribution in [3.8, 4) is 11.8 Å². The van der Waals surface area contributed by atoms with E-state index >= 15 is 0 Å². The van der Waals surface area contributed by atoms with Crippen molar-refractivity contribution in [2.75, 3.05) is 19.7 Å². The van der Waals surface area contributed by atoms with Gasteiger partial charge in [0.15, 0.2) is 0 Å². The van der Waals surface area contributed by atoms with Gasteiger partial charge in [-0.05, 0) is 73.4 Å². The van der Waals surface area contributed by atoms with E-state index < -0.39 is 5.82 Å². The van der Waals surface area contributed by atoms with Crippen molar-refractivity contribution in [1.29, 1.82) is 5.26 Å². The third-order valence-electron chi connectivity index (χ3n) is 7.51. The number of hydrogen-bond acceptors (Lipinski definition) is 4. The molecule has 1 fully saturated rings. The largest absolute Gasteiger partial charge is 0.489 e. The molecule has 2 aromatic carbocycles. The van der Waals surface area contributed by atoms with Crippen molar-refractivity contribution in [2.45, 2.75) is 44.9 Å². The van der Waals surface area contributed by atoms with Crippen LogP contribution in [0.2, 0.25) is 0 Å². The summed E-state index contributed by atoms with van der Waals surface area (Å²) < 4.78 is 25.9. The maximum Gasteiger partial charge on any atom is 0.131 e. The van der Waals surface area contributed by atoms with E-state index in [-0.39, 0.29) is 6.61 Å². The summed E-state index contributed by atoms with van der Waals surface area (Å²) in [6.45, 7) is 5.39. The second-order valence-electron chi connectivity index (χ2n) is 9.60. The molecule has 34 heavy (non-hydrogen) atoms. The first-order valence-electron chi connectivity index (χ1n) is 12.3. The van der Waals surface area contributed by atoms with Gasteiger partial charge in [0.1, 0.15) is 18.2 Å². The van der Waals surface area contributed by atoms with E-state index in [9.17, 15) is 4.39 Å². The van der Waals surface area contributed by atoms with Gasteiger partial charge in [0.2, 0.25) is 0 Å². The molecule has 0 spiro atoms. The predicted octanol–water partition coefficient (Wildman–Crippen LogP) is 5.73. The molecule has 4 nitrogen and oxygen atoms in total. The third-order valence-corrected chi connectivity index (χ3v) is 7.51. The van der Waals surface area contributed by atoms with Crippen molar-refractivity contribution in [3.63, 3.8) is 0 Å². The van der Waals surface area contributed by atoms with E-state index in [2.05, 4.69) is 48.3 Å². The molecule has 3 unspecified atom stereocenters. The molecule has 1 saturated heterocycles. The Bertz CT molecular complexity index is 1130. The highest BCUT2D eigenvalue weighted by atomic mass is 19.1. The normalized spacial score (nSPS) is 25.9. The zero-order valence-electron chi connectivity index (χ0n) is 19.6. The lowest BCUT2D eigenvalue weighted by Crippen LogP contribution is -2.40. The SMILES string of the molecule is CC1c2cc(OCc3ccc(C#N)cc3F)ccc2CCN1CC1C=CC=CC1C[C@H]1CCO1. The van der Waals surface area contributed by atoms with Crippen molar-refractivity contribution in [3.05, 3.63) is 88.8 Å². The quantitative estimate of drug-likeness (QED) is 0.531. The lowest BCUT2D eigenvalue weighted by Gasteiger charge is -2.40. The minimum absolute atomic E-state index is 0.137. The summed E-state index contributed by atoms with van der Waals surface area (Å²) in [7, 11) is 0. The topological polar surface area (TPSA) is 45.5 Å². The van der Waals surface area contributed by atoms with Crippen LogP contribution >= 0.6 is 0 Å². The number of fused-ring (bicyclic) bond motifs is 1. The van der Waals surface area contributed by atoms with Crippen LogP contribution in [0.1, 0.15) is 48.1 Å². The number of hydrogen-bond donors (Lipinski definition) is 0. The summed E-state index contributed by atoms with van der Waals surface area (Å²) in [5.74, 6) is 1.36. The van der Waals surface area contributed by atoms with Gasteiger partial charge in [-0.15, -0.1) is 0 Å². The molecular formula is C29H31FN2O2. The van der Waals surface area contributed by atoms with Gasteiger partial charge < -0.3 is 9.47 Å². The zero-order valence-corrected chi connectivity index (χ0v) is 19.6. The fraction of sp³-hybridized carbons (Fsp3) is 0.414. The second kappa shape index (κ2) is 10.1. The zero-order chi connectivity index (χ0) is 23.5. The molecule has 5 rings (SSSR count). The molecule has 3 aliphatic rings. The van der Waals surface area contributed by atoms with Gasteiger partial charge in [0, 0.05) is 31.3 Å². The number of halogens is 1. The number of ether oxygens (including phenoxy) is 2. The van der Waals surface area contributed by atoms with E-state index in [0.717, 1.165) is 38.3 Å². The van der Waals surface area contributed by atoms with Crippen LogP contribution in [0.25, 0.3) is 0 Å². The van der Waals surface area contributed by atoms with Gasteiger partial charge in [-0.3, -0.25) is 4.90 Å². The Morgan fingerprint density at radius 2 is 1.97 bits per heavy atom. The third kappa shape index (κ3) is 4.94. The van der Waals surface area contributed by atoms with Crippen LogP contribution in [0, 0.1) is 29.0 Å². The Kier molecular flexibility index (Phi) is 6.80. The summed E-state index contributed by atoms with van der Waals surface area (Å²) in [6.07, 6.45) is 12.8. The molecule has 176 valence electrons. The summed E-state index contributed by atoms with van der Waals surface area (Å²) in [6, 6.07) is 13.0. The van der Waals surface area contributed by atoms with Crippen molar-refractivity contribution >= 4 is 0 Å². The average Bonchev–Trinajstić information content (AvgIpc) is 2.83.